The van der Waals surface area contributed by atoms with Gasteiger partial charge in [0.25, 0.3) is 0 Å². The van der Waals surface area contributed by atoms with E-state index in [9.17, 15) is 9.90 Å². The predicted molar refractivity (Wildman–Crippen MR) is 69.1 cm³/mol. The molecule has 0 unspecified atom stereocenters. The van der Waals surface area contributed by atoms with Crippen LogP contribution in [-0.4, -0.2) is 20.5 Å². The number of fused-ring (bicyclic) bond motifs is 3. The summed E-state index contributed by atoms with van der Waals surface area (Å²) in [6.45, 7) is 3.73. The van der Waals surface area contributed by atoms with Gasteiger partial charge < -0.3 is 5.11 Å². The first-order valence-corrected chi connectivity index (χ1v) is 5.69. The normalized spacial score (nSPS) is 11.2. The van der Waals surface area contributed by atoms with Crippen molar-refractivity contribution in [3.05, 3.63) is 47.4 Å². The van der Waals surface area contributed by atoms with Crippen LogP contribution in [-0.2, 0) is 0 Å². The van der Waals surface area contributed by atoms with Crippen molar-refractivity contribution in [2.75, 3.05) is 0 Å². The highest BCUT2D eigenvalue weighted by Gasteiger charge is 2.16. The average Bonchev–Trinajstić information content (AvgIpc) is 2.65. The van der Waals surface area contributed by atoms with Crippen molar-refractivity contribution in [2.45, 2.75) is 13.8 Å². The molecule has 0 amide bonds. The zero-order chi connectivity index (χ0) is 12.9. The molecule has 3 aromatic rings. The average molecular weight is 240 g/mol. The molecular formula is C14H12N2O2. The molecule has 1 N–H and O–H groups in total. The van der Waals surface area contributed by atoms with E-state index in [1.54, 1.807) is 17.5 Å². The maximum absolute atomic E-state index is 11.2. The van der Waals surface area contributed by atoms with E-state index in [4.69, 9.17) is 0 Å². The maximum Gasteiger partial charge on any atom is 0.354 e. The molecule has 0 aliphatic rings. The van der Waals surface area contributed by atoms with Crippen LogP contribution in [0.4, 0.5) is 0 Å². The van der Waals surface area contributed by atoms with Gasteiger partial charge in [-0.1, -0.05) is 17.7 Å². The van der Waals surface area contributed by atoms with Crippen LogP contribution in [0.1, 0.15) is 21.7 Å². The number of aryl methyl sites for hydroxylation is 2. The summed E-state index contributed by atoms with van der Waals surface area (Å²) in [4.78, 5) is 15.6. The Kier molecular flexibility index (Phi) is 2.13. The van der Waals surface area contributed by atoms with Crippen molar-refractivity contribution in [2.24, 2.45) is 0 Å². The van der Waals surface area contributed by atoms with Crippen molar-refractivity contribution in [1.82, 2.24) is 9.38 Å². The Hall–Kier alpha value is -2.36. The Bertz CT molecular complexity index is 787. The minimum absolute atomic E-state index is 0.230. The zero-order valence-corrected chi connectivity index (χ0v) is 10.1. The van der Waals surface area contributed by atoms with Gasteiger partial charge in [0.1, 0.15) is 5.65 Å². The third-order valence-corrected chi connectivity index (χ3v) is 3.14. The Labute approximate surface area is 104 Å². The van der Waals surface area contributed by atoms with Gasteiger partial charge in [-0.15, -0.1) is 0 Å². The van der Waals surface area contributed by atoms with Crippen molar-refractivity contribution < 1.29 is 9.90 Å². The molecule has 2 aromatic heterocycles. The quantitative estimate of drug-likeness (QED) is 0.711. The smallest absolute Gasteiger partial charge is 0.354 e. The van der Waals surface area contributed by atoms with Gasteiger partial charge in [-0.3, -0.25) is 4.40 Å². The number of hydrogen-bond acceptors (Lipinski definition) is 2. The summed E-state index contributed by atoms with van der Waals surface area (Å²) in [5.41, 5.74) is 2.60. The molecule has 0 saturated heterocycles. The highest BCUT2D eigenvalue weighted by molar-refractivity contribution is 5.97. The molecular weight excluding hydrogens is 228 g/mol. The second-order valence-electron chi connectivity index (χ2n) is 4.45. The Balaban J connectivity index is 2.52. The lowest BCUT2D eigenvalue weighted by molar-refractivity contribution is 0.0688. The van der Waals surface area contributed by atoms with Gasteiger partial charge in [-0.05, 0) is 31.4 Å². The first-order chi connectivity index (χ1) is 8.58. The fraction of sp³-hybridized carbons (Fsp3) is 0.143. The molecule has 0 aliphatic heterocycles. The number of pyridine rings is 1. The third kappa shape index (κ3) is 1.39. The van der Waals surface area contributed by atoms with E-state index < -0.39 is 5.97 Å². The highest BCUT2D eigenvalue weighted by atomic mass is 16.4. The summed E-state index contributed by atoms with van der Waals surface area (Å²) in [6.07, 6.45) is 1.76. The number of aromatic nitrogens is 2. The first kappa shape index (κ1) is 10.8. The summed E-state index contributed by atoms with van der Waals surface area (Å²) < 4.78 is 1.64. The highest BCUT2D eigenvalue weighted by Crippen LogP contribution is 2.23. The number of hydrogen-bond donors (Lipinski definition) is 1. The molecule has 18 heavy (non-hydrogen) atoms. The van der Waals surface area contributed by atoms with Crippen LogP contribution < -0.4 is 0 Å². The Morgan fingerprint density at radius 2 is 2.06 bits per heavy atom. The van der Waals surface area contributed by atoms with Crippen molar-refractivity contribution in [3.8, 4) is 0 Å². The minimum Gasteiger partial charge on any atom is -0.477 e. The van der Waals surface area contributed by atoms with Gasteiger partial charge in [0, 0.05) is 11.6 Å². The number of carboxylic acids is 1. The molecule has 0 atom stereocenters. The van der Waals surface area contributed by atoms with E-state index >= 15 is 0 Å². The first-order valence-electron chi connectivity index (χ1n) is 5.69. The topological polar surface area (TPSA) is 54.6 Å². The van der Waals surface area contributed by atoms with Crippen LogP contribution >= 0.6 is 0 Å². The van der Waals surface area contributed by atoms with Crippen LogP contribution in [0.3, 0.4) is 0 Å². The van der Waals surface area contributed by atoms with E-state index in [2.05, 4.69) is 4.98 Å². The van der Waals surface area contributed by atoms with Crippen molar-refractivity contribution >= 4 is 22.4 Å². The van der Waals surface area contributed by atoms with Gasteiger partial charge in [-0.2, -0.15) is 0 Å². The van der Waals surface area contributed by atoms with Gasteiger partial charge >= 0.3 is 5.97 Å². The molecule has 90 valence electrons. The molecule has 4 heteroatoms. The molecule has 2 heterocycles. The van der Waals surface area contributed by atoms with Gasteiger partial charge in [-0.25, -0.2) is 9.78 Å². The minimum atomic E-state index is -0.952. The summed E-state index contributed by atoms with van der Waals surface area (Å²) in [7, 11) is 0. The zero-order valence-electron chi connectivity index (χ0n) is 10.1. The van der Waals surface area contributed by atoms with E-state index in [1.807, 2.05) is 31.2 Å². The van der Waals surface area contributed by atoms with Crippen LogP contribution in [0.5, 0.6) is 0 Å². The number of benzene rings is 1. The summed E-state index contributed by atoms with van der Waals surface area (Å²) in [5.74, 6) is -0.952. The molecule has 0 aliphatic carbocycles. The number of rotatable bonds is 1. The number of nitrogens with zero attached hydrogens (tertiary/aromatic N) is 2. The SMILES string of the molecule is Cc1ccc2ccn3c(C(=O)O)c(C)nc3c2c1. The molecule has 0 radical (unpaired) electrons. The van der Waals surface area contributed by atoms with E-state index in [0.717, 1.165) is 16.3 Å². The molecule has 0 saturated carbocycles. The molecule has 1 aromatic carbocycles. The summed E-state index contributed by atoms with van der Waals surface area (Å²) in [6, 6.07) is 8.00. The van der Waals surface area contributed by atoms with Crippen molar-refractivity contribution in [3.63, 3.8) is 0 Å². The Morgan fingerprint density at radius 1 is 1.28 bits per heavy atom. The molecule has 0 bridgehead atoms. The molecule has 3 rings (SSSR count). The van der Waals surface area contributed by atoms with Gasteiger partial charge in [0.05, 0.1) is 5.69 Å². The summed E-state index contributed by atoms with van der Waals surface area (Å²) in [5, 5.41) is 11.3. The predicted octanol–water partition coefficient (Wildman–Crippen LogP) is 2.80. The van der Waals surface area contributed by atoms with Crippen LogP contribution in [0.2, 0.25) is 0 Å². The van der Waals surface area contributed by atoms with Crippen molar-refractivity contribution in [1.29, 1.82) is 0 Å². The lowest BCUT2D eigenvalue weighted by atomic mass is 10.1. The molecule has 4 nitrogen and oxygen atoms in total. The fourth-order valence-electron chi connectivity index (χ4n) is 2.30. The number of carbonyl (C=O) groups is 1. The monoisotopic (exact) mass is 240 g/mol. The lowest BCUT2D eigenvalue weighted by Gasteiger charge is -2.03. The lowest BCUT2D eigenvalue weighted by Crippen LogP contribution is -2.03. The van der Waals surface area contributed by atoms with Gasteiger partial charge in [0.15, 0.2) is 5.69 Å². The fourth-order valence-corrected chi connectivity index (χ4v) is 2.30. The second kappa shape index (κ2) is 3.57. The standard InChI is InChI=1S/C14H12N2O2/c1-8-3-4-10-5-6-16-12(14(17)18)9(2)15-13(16)11(10)7-8/h3-7H,1-2H3,(H,17,18). The van der Waals surface area contributed by atoms with Crippen LogP contribution in [0.15, 0.2) is 30.5 Å². The van der Waals surface area contributed by atoms with E-state index in [0.29, 0.717) is 11.3 Å². The summed E-state index contributed by atoms with van der Waals surface area (Å²) >= 11 is 0. The number of aromatic carboxylic acids is 1. The maximum atomic E-state index is 11.2. The van der Waals surface area contributed by atoms with Crippen LogP contribution in [0, 0.1) is 13.8 Å². The number of imidazole rings is 1. The number of carboxylic acid groups (broad SMARTS) is 1. The molecule has 0 fully saturated rings. The van der Waals surface area contributed by atoms with Crippen LogP contribution in [0.25, 0.3) is 16.4 Å². The van der Waals surface area contributed by atoms with Gasteiger partial charge in [0.2, 0.25) is 0 Å². The van der Waals surface area contributed by atoms with E-state index in [-0.39, 0.29) is 5.69 Å². The third-order valence-electron chi connectivity index (χ3n) is 3.14. The molecule has 0 spiro atoms. The largest absolute Gasteiger partial charge is 0.477 e. The van der Waals surface area contributed by atoms with E-state index in [1.165, 1.54) is 0 Å². The second-order valence-corrected chi connectivity index (χ2v) is 4.45. The Morgan fingerprint density at radius 3 is 2.78 bits per heavy atom.